The summed E-state index contributed by atoms with van der Waals surface area (Å²) in [6.45, 7) is 6.06. The predicted molar refractivity (Wildman–Crippen MR) is 65.4 cm³/mol. The van der Waals surface area contributed by atoms with Crippen LogP contribution in [0.4, 0.5) is 0 Å². The minimum Gasteiger partial charge on any atom is -0.464 e. The molecule has 0 bridgehead atoms. The number of nitrogens with one attached hydrogen (secondary N) is 2. The number of hydrogen-bond donors (Lipinski definition) is 2. The van der Waals surface area contributed by atoms with E-state index in [4.69, 9.17) is 14.8 Å². The SMILES string of the molecule is CCOC(=O)C(C)(C)ONC1CC[C@@H](C#N)NC1. The van der Waals surface area contributed by atoms with Crippen molar-refractivity contribution >= 4 is 5.97 Å². The molecule has 6 nitrogen and oxygen atoms in total. The fraction of sp³-hybridized carbons (Fsp3) is 0.833. The Labute approximate surface area is 108 Å². The van der Waals surface area contributed by atoms with Crippen molar-refractivity contribution in [3.8, 4) is 6.07 Å². The van der Waals surface area contributed by atoms with Gasteiger partial charge in [0.1, 0.15) is 0 Å². The molecule has 1 saturated heterocycles. The van der Waals surface area contributed by atoms with Crippen LogP contribution < -0.4 is 10.8 Å². The quantitative estimate of drug-likeness (QED) is 0.549. The smallest absolute Gasteiger partial charge is 0.339 e. The van der Waals surface area contributed by atoms with Gasteiger partial charge in [-0.15, -0.1) is 0 Å². The van der Waals surface area contributed by atoms with Crippen LogP contribution in [0.2, 0.25) is 0 Å². The molecule has 1 aliphatic rings. The Kier molecular flexibility index (Phi) is 5.54. The molecule has 0 aliphatic carbocycles. The largest absolute Gasteiger partial charge is 0.464 e. The van der Waals surface area contributed by atoms with Crippen molar-refractivity contribution in [3.05, 3.63) is 0 Å². The van der Waals surface area contributed by atoms with Crippen LogP contribution in [0.1, 0.15) is 33.6 Å². The van der Waals surface area contributed by atoms with Crippen LogP contribution in [-0.4, -0.2) is 36.8 Å². The normalized spacial score (nSPS) is 24.3. The summed E-state index contributed by atoms with van der Waals surface area (Å²) in [6.07, 6.45) is 1.61. The van der Waals surface area contributed by atoms with Gasteiger partial charge in [0.25, 0.3) is 0 Å². The number of esters is 1. The summed E-state index contributed by atoms with van der Waals surface area (Å²) in [5, 5.41) is 11.8. The molecule has 0 aromatic heterocycles. The van der Waals surface area contributed by atoms with E-state index in [1.165, 1.54) is 0 Å². The minimum absolute atomic E-state index is 0.0823. The third kappa shape index (κ3) is 4.26. The lowest BCUT2D eigenvalue weighted by Gasteiger charge is -2.30. The highest BCUT2D eigenvalue weighted by Crippen LogP contribution is 2.13. The molecule has 1 rings (SSSR count). The van der Waals surface area contributed by atoms with E-state index in [0.717, 1.165) is 12.8 Å². The zero-order chi connectivity index (χ0) is 13.6. The number of rotatable bonds is 5. The van der Waals surface area contributed by atoms with E-state index in [1.807, 2.05) is 0 Å². The Morgan fingerprint density at radius 3 is 2.78 bits per heavy atom. The summed E-state index contributed by atoms with van der Waals surface area (Å²) in [4.78, 5) is 17.0. The molecule has 0 spiro atoms. The van der Waals surface area contributed by atoms with E-state index >= 15 is 0 Å². The van der Waals surface area contributed by atoms with Gasteiger partial charge in [0.05, 0.1) is 18.7 Å². The van der Waals surface area contributed by atoms with E-state index in [2.05, 4.69) is 16.9 Å². The Morgan fingerprint density at radius 1 is 1.56 bits per heavy atom. The van der Waals surface area contributed by atoms with Crippen LogP contribution in [0.15, 0.2) is 0 Å². The first-order chi connectivity index (χ1) is 8.49. The molecule has 1 fully saturated rings. The van der Waals surface area contributed by atoms with Crippen LogP contribution in [0.5, 0.6) is 0 Å². The van der Waals surface area contributed by atoms with Gasteiger partial charge in [-0.1, -0.05) is 0 Å². The molecule has 0 radical (unpaired) electrons. The van der Waals surface area contributed by atoms with Gasteiger partial charge in [-0.2, -0.15) is 10.7 Å². The van der Waals surface area contributed by atoms with Crippen LogP contribution >= 0.6 is 0 Å². The van der Waals surface area contributed by atoms with Crippen molar-refractivity contribution in [3.63, 3.8) is 0 Å². The average molecular weight is 255 g/mol. The lowest BCUT2D eigenvalue weighted by atomic mass is 10.0. The number of nitriles is 1. The van der Waals surface area contributed by atoms with Gasteiger partial charge in [0.2, 0.25) is 0 Å². The van der Waals surface area contributed by atoms with Gasteiger partial charge in [-0.25, -0.2) is 4.79 Å². The van der Waals surface area contributed by atoms with Gasteiger partial charge in [0, 0.05) is 12.6 Å². The number of carbonyl (C=O) groups excluding carboxylic acids is 1. The molecule has 0 aromatic carbocycles. The van der Waals surface area contributed by atoms with E-state index in [-0.39, 0.29) is 12.1 Å². The van der Waals surface area contributed by atoms with Crippen molar-refractivity contribution in [2.45, 2.75) is 51.3 Å². The molecule has 0 amide bonds. The van der Waals surface area contributed by atoms with Crippen LogP contribution in [0.25, 0.3) is 0 Å². The highest BCUT2D eigenvalue weighted by atomic mass is 16.7. The third-order valence-corrected chi connectivity index (χ3v) is 2.82. The Hall–Kier alpha value is -1.16. The lowest BCUT2D eigenvalue weighted by Crippen LogP contribution is -2.51. The van der Waals surface area contributed by atoms with E-state index < -0.39 is 11.6 Å². The van der Waals surface area contributed by atoms with Crippen molar-refractivity contribution in [1.29, 1.82) is 5.26 Å². The summed E-state index contributed by atoms with van der Waals surface area (Å²) in [6, 6.07) is 2.20. The zero-order valence-electron chi connectivity index (χ0n) is 11.2. The van der Waals surface area contributed by atoms with Crippen LogP contribution in [-0.2, 0) is 14.4 Å². The van der Waals surface area contributed by atoms with Crippen molar-refractivity contribution in [2.75, 3.05) is 13.2 Å². The Bertz CT molecular complexity index is 317. The topological polar surface area (TPSA) is 83.4 Å². The van der Waals surface area contributed by atoms with E-state index in [0.29, 0.717) is 13.2 Å². The van der Waals surface area contributed by atoms with E-state index in [1.54, 1.807) is 20.8 Å². The highest BCUT2D eigenvalue weighted by Gasteiger charge is 2.32. The molecule has 6 heteroatoms. The highest BCUT2D eigenvalue weighted by molar-refractivity contribution is 5.78. The molecular formula is C12H21N3O3. The molecule has 1 aliphatic heterocycles. The first-order valence-corrected chi connectivity index (χ1v) is 6.23. The van der Waals surface area contributed by atoms with Gasteiger partial charge < -0.3 is 10.1 Å². The number of ether oxygens (including phenoxy) is 1. The van der Waals surface area contributed by atoms with Gasteiger partial charge in [0.15, 0.2) is 5.60 Å². The summed E-state index contributed by atoms with van der Waals surface area (Å²) in [7, 11) is 0. The summed E-state index contributed by atoms with van der Waals surface area (Å²) in [5.74, 6) is -0.392. The third-order valence-electron chi connectivity index (χ3n) is 2.82. The Morgan fingerprint density at radius 2 is 2.28 bits per heavy atom. The van der Waals surface area contributed by atoms with Crippen molar-refractivity contribution in [2.24, 2.45) is 0 Å². The summed E-state index contributed by atoms with van der Waals surface area (Å²) < 4.78 is 4.92. The Balaban J connectivity index is 2.33. The van der Waals surface area contributed by atoms with Gasteiger partial charge in [-0.3, -0.25) is 4.84 Å². The molecule has 0 saturated carbocycles. The van der Waals surface area contributed by atoms with E-state index in [9.17, 15) is 4.79 Å². The standard InChI is InChI=1S/C12H21N3O3/c1-4-17-11(16)12(2,3)18-15-10-6-5-9(7-13)14-8-10/h9-10,14-15H,4-6,8H2,1-3H3/t9-,10?/m0/s1. The molecular weight excluding hydrogens is 234 g/mol. The monoisotopic (exact) mass is 255 g/mol. The average Bonchev–Trinajstić information content (AvgIpc) is 2.37. The summed E-state index contributed by atoms with van der Waals surface area (Å²) in [5.41, 5.74) is 1.86. The maximum Gasteiger partial charge on any atom is 0.339 e. The minimum atomic E-state index is -1.01. The number of carbonyl (C=O) groups is 1. The molecule has 0 aromatic rings. The number of hydrogen-bond acceptors (Lipinski definition) is 6. The summed E-state index contributed by atoms with van der Waals surface area (Å²) >= 11 is 0. The second-order valence-electron chi connectivity index (χ2n) is 4.81. The maximum atomic E-state index is 11.6. The second kappa shape index (κ2) is 6.69. The van der Waals surface area contributed by atoms with Crippen molar-refractivity contribution < 1.29 is 14.4 Å². The molecule has 1 unspecified atom stereocenters. The molecule has 2 N–H and O–H groups in total. The van der Waals surface area contributed by atoms with Crippen LogP contribution in [0, 0.1) is 11.3 Å². The molecule has 18 heavy (non-hydrogen) atoms. The predicted octanol–water partition coefficient (Wildman–Crippen LogP) is 0.493. The number of piperidine rings is 1. The van der Waals surface area contributed by atoms with Crippen molar-refractivity contribution in [1.82, 2.24) is 10.8 Å². The lowest BCUT2D eigenvalue weighted by molar-refractivity contribution is -0.180. The second-order valence-corrected chi connectivity index (χ2v) is 4.81. The van der Waals surface area contributed by atoms with Crippen LogP contribution in [0.3, 0.4) is 0 Å². The fourth-order valence-corrected chi connectivity index (χ4v) is 1.64. The first kappa shape index (κ1) is 14.9. The zero-order valence-corrected chi connectivity index (χ0v) is 11.2. The molecule has 1 heterocycles. The van der Waals surface area contributed by atoms with Gasteiger partial charge in [-0.05, 0) is 33.6 Å². The fourth-order valence-electron chi connectivity index (χ4n) is 1.64. The molecule has 102 valence electrons. The first-order valence-electron chi connectivity index (χ1n) is 6.23. The maximum absolute atomic E-state index is 11.6. The molecule has 2 atom stereocenters. The van der Waals surface area contributed by atoms with Gasteiger partial charge >= 0.3 is 5.97 Å². The number of nitrogens with zero attached hydrogens (tertiary/aromatic N) is 1. The number of hydroxylamine groups is 1.